The van der Waals surface area contributed by atoms with Gasteiger partial charge in [-0.15, -0.1) is 0 Å². The summed E-state index contributed by atoms with van der Waals surface area (Å²) >= 11 is 0. The molecule has 0 saturated carbocycles. The fraction of sp³-hybridized carbons (Fsp3) is 0.824. The van der Waals surface area contributed by atoms with E-state index >= 15 is 0 Å². The largest absolute Gasteiger partial charge is 0.462 e. The van der Waals surface area contributed by atoms with Crippen LogP contribution in [0.2, 0.25) is 0 Å². The minimum Gasteiger partial charge on any atom is -0.462 e. The molecule has 6 nitrogen and oxygen atoms in total. The fourth-order valence-electron chi connectivity index (χ4n) is 10.4. The second kappa shape index (κ2) is 68.6. The highest BCUT2D eigenvalue weighted by Gasteiger charge is 2.19. The van der Waals surface area contributed by atoms with Gasteiger partial charge in [0.1, 0.15) is 13.2 Å². The summed E-state index contributed by atoms with van der Waals surface area (Å²) in [6, 6.07) is 0. The molecule has 0 aliphatic rings. The molecule has 0 rings (SSSR count). The second-order valence-corrected chi connectivity index (χ2v) is 23.8. The Morgan fingerprint density at radius 2 is 0.450 bits per heavy atom. The molecule has 0 radical (unpaired) electrons. The molecule has 0 heterocycles. The summed E-state index contributed by atoms with van der Waals surface area (Å²) in [4.78, 5) is 38.1. The van der Waals surface area contributed by atoms with Gasteiger partial charge in [0.05, 0.1) is 0 Å². The van der Waals surface area contributed by atoms with Crippen LogP contribution in [-0.4, -0.2) is 37.2 Å². The van der Waals surface area contributed by atoms with Gasteiger partial charge in [-0.05, 0) is 89.9 Å². The van der Waals surface area contributed by atoms with Crippen LogP contribution in [0.3, 0.4) is 0 Å². The lowest BCUT2D eigenvalue weighted by atomic mass is 10.0. The number of hydrogen-bond acceptors (Lipinski definition) is 6. The lowest BCUT2D eigenvalue weighted by Gasteiger charge is -2.18. The number of esters is 3. The van der Waals surface area contributed by atoms with Crippen LogP contribution < -0.4 is 0 Å². The summed E-state index contributed by atoms with van der Waals surface area (Å²) in [5.41, 5.74) is 0. The van der Waals surface area contributed by atoms with Gasteiger partial charge in [0.2, 0.25) is 0 Å². The molecule has 0 aromatic rings. The first kappa shape index (κ1) is 77.1. The normalized spacial score (nSPS) is 12.4. The van der Waals surface area contributed by atoms with Gasteiger partial charge < -0.3 is 14.2 Å². The number of hydrogen-bond donors (Lipinski definition) is 0. The third-order valence-electron chi connectivity index (χ3n) is 15.7. The van der Waals surface area contributed by atoms with Gasteiger partial charge in [0, 0.05) is 19.3 Å². The third-order valence-corrected chi connectivity index (χ3v) is 15.7. The molecule has 0 saturated heterocycles. The van der Waals surface area contributed by atoms with Crippen molar-refractivity contribution in [1.82, 2.24) is 0 Å². The van der Waals surface area contributed by atoms with Crippen LogP contribution in [0.5, 0.6) is 0 Å². The predicted octanol–water partition coefficient (Wildman–Crippen LogP) is 24.3. The van der Waals surface area contributed by atoms with Gasteiger partial charge in [0.15, 0.2) is 6.10 Å². The van der Waals surface area contributed by atoms with Gasteiger partial charge >= 0.3 is 17.9 Å². The SMILES string of the molecule is CCCCCCC/C=C\C/C=C\C/C=C\CCCCCCCCCCCCCCC(=O)OC(COC(=O)CCCCCCCC)COC(=O)CCCCCCCCCCCCCCCCCCC/C=C\C/C=C\CCCCCCC. The lowest BCUT2D eigenvalue weighted by Crippen LogP contribution is -2.30. The molecule has 0 aromatic carbocycles. The Morgan fingerprint density at radius 3 is 0.700 bits per heavy atom. The van der Waals surface area contributed by atoms with E-state index in [2.05, 4.69) is 81.5 Å². The van der Waals surface area contributed by atoms with Crippen LogP contribution in [0, 0.1) is 0 Å². The van der Waals surface area contributed by atoms with Crippen LogP contribution in [0.25, 0.3) is 0 Å². The molecule has 0 aliphatic heterocycles. The summed E-state index contributed by atoms with van der Waals surface area (Å²) in [7, 11) is 0. The van der Waals surface area contributed by atoms with Crippen LogP contribution >= 0.6 is 0 Å². The van der Waals surface area contributed by atoms with E-state index in [0.717, 1.165) is 77.0 Å². The number of carbonyl (C=O) groups excluding carboxylic acids is 3. The predicted molar refractivity (Wildman–Crippen MR) is 348 cm³/mol. The van der Waals surface area contributed by atoms with E-state index in [1.165, 1.54) is 257 Å². The van der Waals surface area contributed by atoms with Gasteiger partial charge in [-0.2, -0.15) is 0 Å². The molecule has 80 heavy (non-hydrogen) atoms. The molecule has 0 fully saturated rings. The number of ether oxygens (including phenoxy) is 3. The standard InChI is InChI=1S/C74H134O6/c1-4-7-10-13-16-18-20-22-24-26-28-30-32-34-36-37-39-40-42-44-46-48-50-52-54-56-58-61-64-67-73(76)79-70-71(69-78-72(75)66-63-60-15-12-9-6-3)80-74(77)68-65-62-59-57-55-53-51-49-47-45-43-41-38-35-33-31-29-27-25-23-21-19-17-14-11-8-5-2/h20-23,26-29,33,35,71H,4-19,24-25,30-32,34,36-70H2,1-3H3/b22-20-,23-21-,28-26-,29-27-,35-33-. The van der Waals surface area contributed by atoms with Crippen molar-refractivity contribution >= 4 is 17.9 Å². The van der Waals surface area contributed by atoms with Crippen LogP contribution in [-0.2, 0) is 28.6 Å². The first-order valence-corrected chi connectivity index (χ1v) is 35.3. The van der Waals surface area contributed by atoms with E-state index in [1.54, 1.807) is 0 Å². The summed E-state index contributed by atoms with van der Waals surface area (Å²) < 4.78 is 16.9. The van der Waals surface area contributed by atoms with E-state index in [9.17, 15) is 14.4 Å². The highest BCUT2D eigenvalue weighted by molar-refractivity contribution is 5.71. The summed E-state index contributed by atoms with van der Waals surface area (Å²) in [5, 5.41) is 0. The fourth-order valence-corrected chi connectivity index (χ4v) is 10.4. The molecule has 1 atom stereocenters. The minimum absolute atomic E-state index is 0.0709. The molecule has 1 unspecified atom stereocenters. The minimum atomic E-state index is -0.771. The Labute approximate surface area is 498 Å². The van der Waals surface area contributed by atoms with Crippen molar-refractivity contribution in [1.29, 1.82) is 0 Å². The smallest absolute Gasteiger partial charge is 0.306 e. The van der Waals surface area contributed by atoms with Gasteiger partial charge in [-0.1, -0.05) is 326 Å². The molecule has 6 heteroatoms. The van der Waals surface area contributed by atoms with Crippen molar-refractivity contribution < 1.29 is 28.6 Å². The highest BCUT2D eigenvalue weighted by Crippen LogP contribution is 2.18. The van der Waals surface area contributed by atoms with Crippen molar-refractivity contribution in [2.75, 3.05) is 13.2 Å². The van der Waals surface area contributed by atoms with E-state index < -0.39 is 6.10 Å². The third kappa shape index (κ3) is 65.9. The maximum absolute atomic E-state index is 12.9. The van der Waals surface area contributed by atoms with Gasteiger partial charge in [-0.25, -0.2) is 0 Å². The van der Waals surface area contributed by atoms with Crippen molar-refractivity contribution in [2.24, 2.45) is 0 Å². The van der Waals surface area contributed by atoms with E-state index in [-0.39, 0.29) is 31.1 Å². The first-order valence-electron chi connectivity index (χ1n) is 35.3. The maximum Gasteiger partial charge on any atom is 0.306 e. The average Bonchev–Trinajstić information content (AvgIpc) is 3.46. The number of rotatable bonds is 65. The Bertz CT molecular complexity index is 1430. The van der Waals surface area contributed by atoms with Crippen LogP contribution in [0.15, 0.2) is 60.8 Å². The monoisotopic (exact) mass is 1120 g/mol. The topological polar surface area (TPSA) is 78.9 Å². The van der Waals surface area contributed by atoms with E-state index in [4.69, 9.17) is 14.2 Å². The van der Waals surface area contributed by atoms with Gasteiger partial charge in [0.25, 0.3) is 0 Å². The summed E-state index contributed by atoms with van der Waals surface area (Å²) in [6.45, 7) is 6.61. The number of allylic oxidation sites excluding steroid dienone is 10. The van der Waals surface area contributed by atoms with Gasteiger partial charge in [-0.3, -0.25) is 14.4 Å². The Balaban J connectivity index is 4.01. The zero-order chi connectivity index (χ0) is 57.8. The Hall–Kier alpha value is -2.89. The lowest BCUT2D eigenvalue weighted by molar-refractivity contribution is -0.167. The quantitative estimate of drug-likeness (QED) is 0.0261. The Kier molecular flexibility index (Phi) is 66.1. The molecular weight excluding hydrogens is 985 g/mol. The maximum atomic E-state index is 12.9. The average molecular weight is 1120 g/mol. The molecule has 0 N–H and O–H groups in total. The molecule has 0 aliphatic carbocycles. The van der Waals surface area contributed by atoms with Crippen molar-refractivity contribution in [3.05, 3.63) is 60.8 Å². The van der Waals surface area contributed by atoms with Crippen molar-refractivity contribution in [2.45, 2.75) is 380 Å². The molecule has 0 spiro atoms. The second-order valence-electron chi connectivity index (χ2n) is 23.8. The molecule has 0 aromatic heterocycles. The summed E-state index contributed by atoms with van der Waals surface area (Å²) in [6.07, 6.45) is 88.6. The van der Waals surface area contributed by atoms with Crippen LogP contribution in [0.1, 0.15) is 374 Å². The zero-order valence-corrected chi connectivity index (χ0v) is 53.6. The van der Waals surface area contributed by atoms with Crippen molar-refractivity contribution in [3.8, 4) is 0 Å². The molecule has 466 valence electrons. The highest BCUT2D eigenvalue weighted by atomic mass is 16.6. The van der Waals surface area contributed by atoms with E-state index in [1.807, 2.05) is 0 Å². The Morgan fingerprint density at radius 1 is 0.250 bits per heavy atom. The molecule has 0 amide bonds. The van der Waals surface area contributed by atoms with E-state index in [0.29, 0.717) is 19.3 Å². The number of unbranched alkanes of at least 4 members (excludes halogenated alkanes) is 44. The number of carbonyl (C=O) groups is 3. The zero-order valence-electron chi connectivity index (χ0n) is 53.6. The molecule has 0 bridgehead atoms. The van der Waals surface area contributed by atoms with Crippen molar-refractivity contribution in [3.63, 3.8) is 0 Å². The van der Waals surface area contributed by atoms with Crippen LogP contribution in [0.4, 0.5) is 0 Å². The molecular formula is C74H134O6. The summed E-state index contributed by atoms with van der Waals surface area (Å²) in [5.74, 6) is -0.863. The first-order chi connectivity index (χ1) is 39.5.